The highest BCUT2D eigenvalue weighted by molar-refractivity contribution is 5.53. The summed E-state index contributed by atoms with van der Waals surface area (Å²) in [4.78, 5) is 6.61. The molecular weight excluding hydrogens is 236 g/mol. The fourth-order valence-electron chi connectivity index (χ4n) is 2.63. The summed E-state index contributed by atoms with van der Waals surface area (Å²) in [5, 5.41) is 12.3. The monoisotopic (exact) mass is 258 g/mol. The average molecular weight is 258 g/mol. The third kappa shape index (κ3) is 3.93. The van der Waals surface area contributed by atoms with Gasteiger partial charge in [0.1, 0.15) is 6.07 Å². The van der Waals surface area contributed by atoms with E-state index in [2.05, 4.69) is 28.2 Å². The summed E-state index contributed by atoms with van der Waals surface area (Å²) >= 11 is 0. The van der Waals surface area contributed by atoms with Crippen LogP contribution in [0.1, 0.15) is 38.3 Å². The Morgan fingerprint density at radius 1 is 1.53 bits per heavy atom. The van der Waals surface area contributed by atoms with Crippen molar-refractivity contribution in [2.24, 2.45) is 0 Å². The quantitative estimate of drug-likeness (QED) is 0.825. The minimum atomic E-state index is 0.480. The number of piperidine rings is 1. The molecule has 0 radical (unpaired) electrons. The number of likely N-dealkylation sites (tertiary alicyclic amines) is 1. The number of nitriles is 1. The molecule has 102 valence electrons. The molecule has 1 saturated heterocycles. The van der Waals surface area contributed by atoms with Crippen molar-refractivity contribution in [3.63, 3.8) is 0 Å². The molecule has 1 fully saturated rings. The first kappa shape index (κ1) is 13.8. The van der Waals surface area contributed by atoms with Crippen molar-refractivity contribution in [1.29, 1.82) is 5.26 Å². The largest absolute Gasteiger partial charge is 0.383 e. The molecule has 1 aliphatic heterocycles. The van der Waals surface area contributed by atoms with Crippen molar-refractivity contribution >= 4 is 5.69 Å². The van der Waals surface area contributed by atoms with Gasteiger partial charge in [0, 0.05) is 25.3 Å². The maximum atomic E-state index is 8.95. The number of aromatic nitrogens is 1. The average Bonchev–Trinajstić information content (AvgIpc) is 2.45. The van der Waals surface area contributed by atoms with E-state index in [9.17, 15) is 0 Å². The Balaban J connectivity index is 1.73. The number of nitrogens with zero attached hydrogens (tertiary/aromatic N) is 3. The van der Waals surface area contributed by atoms with Crippen LogP contribution in [-0.4, -0.2) is 35.6 Å². The molecule has 1 aromatic rings. The van der Waals surface area contributed by atoms with E-state index in [4.69, 9.17) is 5.26 Å². The van der Waals surface area contributed by atoms with Crippen LogP contribution >= 0.6 is 0 Å². The second-order valence-corrected chi connectivity index (χ2v) is 5.17. The molecule has 0 aromatic carbocycles. The standard InChI is InChI=1S/C15H22N4/c1-13-6-2-3-10-19(13)11-5-9-17-14-7-4-8-18-15(14)12-16/h4,7-8,13,17H,2-3,5-6,9-11H2,1H3. The van der Waals surface area contributed by atoms with Crippen LogP contribution in [-0.2, 0) is 0 Å². The van der Waals surface area contributed by atoms with Crippen LogP contribution in [0.15, 0.2) is 18.3 Å². The molecule has 1 aromatic heterocycles. The Labute approximate surface area is 115 Å². The van der Waals surface area contributed by atoms with Crippen molar-refractivity contribution in [2.45, 2.75) is 38.6 Å². The number of anilines is 1. The lowest BCUT2D eigenvalue weighted by molar-refractivity contribution is 0.160. The zero-order chi connectivity index (χ0) is 13.5. The van der Waals surface area contributed by atoms with E-state index in [1.165, 1.54) is 25.8 Å². The van der Waals surface area contributed by atoms with Gasteiger partial charge in [-0.1, -0.05) is 6.42 Å². The number of hydrogen-bond acceptors (Lipinski definition) is 4. The minimum Gasteiger partial charge on any atom is -0.383 e. The normalized spacial score (nSPS) is 19.9. The fourth-order valence-corrected chi connectivity index (χ4v) is 2.63. The molecule has 0 aliphatic carbocycles. The molecule has 1 atom stereocenters. The van der Waals surface area contributed by atoms with Crippen molar-refractivity contribution < 1.29 is 0 Å². The van der Waals surface area contributed by atoms with Crippen LogP contribution in [0.5, 0.6) is 0 Å². The van der Waals surface area contributed by atoms with Crippen LogP contribution in [0.25, 0.3) is 0 Å². The van der Waals surface area contributed by atoms with Crippen LogP contribution in [0, 0.1) is 11.3 Å². The Morgan fingerprint density at radius 3 is 3.21 bits per heavy atom. The molecule has 1 unspecified atom stereocenters. The first-order valence-corrected chi connectivity index (χ1v) is 7.14. The molecular formula is C15H22N4. The number of hydrogen-bond donors (Lipinski definition) is 1. The van der Waals surface area contributed by atoms with Crippen LogP contribution < -0.4 is 5.32 Å². The molecule has 19 heavy (non-hydrogen) atoms. The zero-order valence-corrected chi connectivity index (χ0v) is 11.6. The summed E-state index contributed by atoms with van der Waals surface area (Å²) in [5.41, 5.74) is 1.32. The molecule has 4 heteroatoms. The second kappa shape index (κ2) is 7.10. The third-order valence-electron chi connectivity index (χ3n) is 3.79. The molecule has 1 N–H and O–H groups in total. The van der Waals surface area contributed by atoms with Gasteiger partial charge in [0.15, 0.2) is 5.69 Å². The molecule has 0 amide bonds. The molecule has 0 bridgehead atoms. The summed E-state index contributed by atoms with van der Waals surface area (Å²) in [6.07, 6.45) is 6.79. The van der Waals surface area contributed by atoms with E-state index in [1.807, 2.05) is 12.1 Å². The smallest absolute Gasteiger partial charge is 0.163 e. The first-order chi connectivity index (χ1) is 9.31. The van der Waals surface area contributed by atoms with Gasteiger partial charge in [0.25, 0.3) is 0 Å². The van der Waals surface area contributed by atoms with Gasteiger partial charge in [0.05, 0.1) is 5.69 Å². The molecule has 0 saturated carbocycles. The lowest BCUT2D eigenvalue weighted by Gasteiger charge is -2.33. The Kier molecular flexibility index (Phi) is 5.17. The Morgan fingerprint density at radius 2 is 2.42 bits per heavy atom. The van der Waals surface area contributed by atoms with E-state index < -0.39 is 0 Å². The van der Waals surface area contributed by atoms with Gasteiger partial charge in [-0.15, -0.1) is 0 Å². The van der Waals surface area contributed by atoms with Gasteiger partial charge in [-0.3, -0.25) is 0 Å². The zero-order valence-electron chi connectivity index (χ0n) is 11.6. The Bertz CT molecular complexity index is 438. The molecule has 1 aliphatic rings. The molecule has 0 spiro atoms. The van der Waals surface area contributed by atoms with Crippen LogP contribution in [0.2, 0.25) is 0 Å². The number of rotatable bonds is 5. The van der Waals surface area contributed by atoms with Crippen molar-refractivity contribution in [3.8, 4) is 6.07 Å². The first-order valence-electron chi connectivity index (χ1n) is 7.14. The predicted molar refractivity (Wildman–Crippen MR) is 76.9 cm³/mol. The van der Waals surface area contributed by atoms with Crippen LogP contribution in [0.4, 0.5) is 5.69 Å². The van der Waals surface area contributed by atoms with Gasteiger partial charge in [0.2, 0.25) is 0 Å². The SMILES string of the molecule is CC1CCCCN1CCCNc1cccnc1C#N. The van der Waals surface area contributed by atoms with Gasteiger partial charge in [-0.25, -0.2) is 4.98 Å². The summed E-state index contributed by atoms with van der Waals surface area (Å²) in [5.74, 6) is 0. The van der Waals surface area contributed by atoms with Gasteiger partial charge in [-0.05, 0) is 44.9 Å². The van der Waals surface area contributed by atoms with Crippen LogP contribution in [0.3, 0.4) is 0 Å². The maximum Gasteiger partial charge on any atom is 0.163 e. The van der Waals surface area contributed by atoms with E-state index >= 15 is 0 Å². The molecule has 2 heterocycles. The third-order valence-corrected chi connectivity index (χ3v) is 3.79. The van der Waals surface area contributed by atoms with E-state index in [0.29, 0.717) is 5.69 Å². The topological polar surface area (TPSA) is 52.0 Å². The minimum absolute atomic E-state index is 0.480. The molecule has 2 rings (SSSR count). The maximum absolute atomic E-state index is 8.95. The van der Waals surface area contributed by atoms with Crippen molar-refractivity contribution in [3.05, 3.63) is 24.0 Å². The lowest BCUT2D eigenvalue weighted by Crippen LogP contribution is -2.38. The highest BCUT2D eigenvalue weighted by Gasteiger charge is 2.16. The van der Waals surface area contributed by atoms with E-state index in [0.717, 1.165) is 31.2 Å². The summed E-state index contributed by atoms with van der Waals surface area (Å²) in [6, 6.07) is 6.60. The van der Waals surface area contributed by atoms with E-state index in [-0.39, 0.29) is 0 Å². The summed E-state index contributed by atoms with van der Waals surface area (Å²) < 4.78 is 0. The summed E-state index contributed by atoms with van der Waals surface area (Å²) in [7, 11) is 0. The highest BCUT2D eigenvalue weighted by atomic mass is 15.2. The second-order valence-electron chi connectivity index (χ2n) is 5.17. The van der Waals surface area contributed by atoms with Gasteiger partial charge in [-0.2, -0.15) is 5.26 Å². The lowest BCUT2D eigenvalue weighted by atomic mass is 10.0. The van der Waals surface area contributed by atoms with Gasteiger partial charge < -0.3 is 10.2 Å². The predicted octanol–water partition coefficient (Wildman–Crippen LogP) is 2.63. The van der Waals surface area contributed by atoms with Gasteiger partial charge >= 0.3 is 0 Å². The fraction of sp³-hybridized carbons (Fsp3) is 0.600. The highest BCUT2D eigenvalue weighted by Crippen LogP contribution is 2.16. The van der Waals surface area contributed by atoms with E-state index in [1.54, 1.807) is 6.20 Å². The number of pyridine rings is 1. The van der Waals surface area contributed by atoms with Crippen molar-refractivity contribution in [1.82, 2.24) is 9.88 Å². The molecule has 4 nitrogen and oxygen atoms in total. The summed E-state index contributed by atoms with van der Waals surface area (Å²) in [6.45, 7) is 5.58. The van der Waals surface area contributed by atoms with Crippen molar-refractivity contribution in [2.75, 3.05) is 25.0 Å². The Hall–Kier alpha value is -1.60. The number of nitrogens with one attached hydrogen (secondary N) is 1.